The molecule has 0 fully saturated rings. The topological polar surface area (TPSA) is 123 Å². The van der Waals surface area contributed by atoms with Gasteiger partial charge >= 0.3 is 23.7 Å². The number of nitrogens with zero attached hydrogens (tertiary/aromatic N) is 8. The van der Waals surface area contributed by atoms with E-state index in [1.165, 1.54) is 0 Å². The van der Waals surface area contributed by atoms with Crippen molar-refractivity contribution in [1.29, 1.82) is 0 Å². The number of rotatable bonds is 0. The third-order valence-corrected chi connectivity index (χ3v) is 7.86. The molecule has 0 unspecified atom stereocenters. The van der Waals surface area contributed by atoms with Gasteiger partial charge in [0, 0.05) is 44.8 Å². The maximum atomic E-state index is 14.5. The fraction of sp³-hybridized carbons (Fsp3) is 0. The first-order valence-electron chi connectivity index (χ1n) is 13.9. The first-order chi connectivity index (χ1) is 24.0. The molecular formula is C32H8F8N8OTi. The molecule has 0 N–H and O–H groups in total. The summed E-state index contributed by atoms with van der Waals surface area (Å²) in [6.45, 7) is 0. The van der Waals surface area contributed by atoms with Gasteiger partial charge in [-0.05, 0) is 70.1 Å². The van der Waals surface area contributed by atoms with Gasteiger partial charge in [0.2, 0.25) is 0 Å². The van der Waals surface area contributed by atoms with Gasteiger partial charge in [0.1, 0.15) is 0 Å². The molecule has 4 aromatic carbocycles. The zero-order valence-corrected chi connectivity index (χ0v) is 25.7. The summed E-state index contributed by atoms with van der Waals surface area (Å²) in [4.78, 5) is 34.6. The summed E-state index contributed by atoms with van der Waals surface area (Å²) in [5, 5.41) is -0.287. The Morgan fingerprint density at radius 1 is 0.340 bits per heavy atom. The molecule has 0 saturated carbocycles. The second-order valence-electron chi connectivity index (χ2n) is 10.7. The van der Waals surface area contributed by atoms with Crippen molar-refractivity contribution in [3.8, 4) is 45.6 Å². The van der Waals surface area contributed by atoms with Crippen molar-refractivity contribution < 1.29 is 58.9 Å². The first-order valence-corrected chi connectivity index (χ1v) is 14.5. The molecule has 0 atom stereocenters. The molecule has 0 radical (unpaired) electrons. The molecule has 50 heavy (non-hydrogen) atoms. The van der Waals surface area contributed by atoms with Gasteiger partial charge in [-0.1, -0.05) is 0 Å². The summed E-state index contributed by atoms with van der Waals surface area (Å²) in [5.41, 5.74) is -1.40. The Morgan fingerprint density at radius 3 is 0.760 bits per heavy atom. The van der Waals surface area contributed by atoms with Crippen LogP contribution in [0, 0.1) is 46.5 Å². The minimum absolute atomic E-state index is 0.0717. The van der Waals surface area contributed by atoms with Crippen LogP contribution in [0.15, 0.2) is 48.5 Å². The molecule has 2 aliphatic heterocycles. The Kier molecular flexibility index (Phi) is 7.16. The predicted molar refractivity (Wildman–Crippen MR) is 154 cm³/mol. The number of hydrogen-bond donors (Lipinski definition) is 0. The standard InChI is InChI=1S/C32H8F8N8.O.Ti/c33-17-1-9-10(2-18(17)34)26-41-25(9)45-27-11-3-19(35)20(36)4-12(11)29(42-27)47-31-15-7-23(39)24(40)8-16(15)32(44-31)48-30-14-6-22(38)21(37)5-13(14)28(43-30)46-26;;/h1-8H;;/q-2;;+2. The third-order valence-electron chi connectivity index (χ3n) is 7.86. The van der Waals surface area contributed by atoms with Crippen LogP contribution in [0.4, 0.5) is 35.1 Å². The van der Waals surface area contributed by atoms with Crippen LogP contribution in [-0.2, 0) is 23.7 Å². The Hall–Kier alpha value is -5.81. The quantitative estimate of drug-likeness (QED) is 0.119. The fourth-order valence-electron chi connectivity index (χ4n) is 5.63. The number of halogens is 8. The van der Waals surface area contributed by atoms with Gasteiger partial charge in [-0.25, -0.2) is 45.1 Å². The van der Waals surface area contributed by atoms with Crippen molar-refractivity contribution >= 4 is 44.1 Å². The van der Waals surface area contributed by atoms with Crippen molar-refractivity contribution in [3.63, 3.8) is 0 Å². The van der Waals surface area contributed by atoms with Gasteiger partial charge in [0.25, 0.3) is 0 Å². The molecule has 242 valence electrons. The van der Waals surface area contributed by atoms with Crippen molar-refractivity contribution in [2.75, 3.05) is 0 Å². The van der Waals surface area contributed by atoms with E-state index in [2.05, 4.69) is 39.9 Å². The molecule has 0 saturated heterocycles. The van der Waals surface area contributed by atoms with Gasteiger partial charge < -0.3 is 29.9 Å². The summed E-state index contributed by atoms with van der Waals surface area (Å²) in [6, 6.07) is 6.35. The summed E-state index contributed by atoms with van der Waals surface area (Å²) in [5.74, 6) is -11.2. The van der Waals surface area contributed by atoms with E-state index in [0.717, 1.165) is 68.9 Å². The summed E-state index contributed by atoms with van der Waals surface area (Å²) in [7, 11) is 0. The number of hydrogen-bond acceptors (Lipinski definition) is 7. The molecule has 5 heterocycles. The van der Waals surface area contributed by atoms with Gasteiger partial charge in [0.15, 0.2) is 46.5 Å². The molecule has 0 amide bonds. The molecule has 8 bridgehead atoms. The van der Waals surface area contributed by atoms with E-state index in [1.807, 2.05) is 0 Å². The Morgan fingerprint density at radius 2 is 0.540 bits per heavy atom. The van der Waals surface area contributed by atoms with Crippen LogP contribution in [0.2, 0.25) is 0 Å². The van der Waals surface area contributed by atoms with Crippen LogP contribution in [0.3, 0.4) is 0 Å². The SMILES string of the molecule is Fc1cc2c(cc1F)-c1nc-2nc2[n-]c(nc3nc(nc4[n-]c(n1)c1cc(F)c(F)cc41)-c1cc(F)c(F)cc1-3)c1cc(F)c(F)cc21.[O]=[Ti+2]. The van der Waals surface area contributed by atoms with Gasteiger partial charge in [0.05, 0.1) is 23.3 Å². The summed E-state index contributed by atoms with van der Waals surface area (Å²) >= 11 is 0.750. The van der Waals surface area contributed by atoms with Crippen LogP contribution in [-0.4, -0.2) is 29.9 Å². The summed E-state index contributed by atoms with van der Waals surface area (Å²) in [6.07, 6.45) is 0. The molecule has 3 aromatic heterocycles. The minimum atomic E-state index is -1.27. The molecular weight excluding hydrogens is 712 g/mol. The van der Waals surface area contributed by atoms with Crippen molar-refractivity contribution in [1.82, 2.24) is 39.9 Å². The Labute approximate surface area is 282 Å². The van der Waals surface area contributed by atoms with Crippen LogP contribution in [0.1, 0.15) is 0 Å². The maximum absolute atomic E-state index is 14.5. The number of aromatic nitrogens is 8. The first kappa shape index (κ1) is 31.5. The third kappa shape index (κ3) is 4.80. The van der Waals surface area contributed by atoms with Crippen LogP contribution in [0.25, 0.3) is 89.7 Å². The molecule has 18 heteroatoms. The Bertz CT molecular complexity index is 2460. The fourth-order valence-corrected chi connectivity index (χ4v) is 5.63. The van der Waals surface area contributed by atoms with Gasteiger partial charge in [-0.2, -0.15) is 0 Å². The van der Waals surface area contributed by atoms with Crippen molar-refractivity contribution in [2.45, 2.75) is 0 Å². The van der Waals surface area contributed by atoms with Crippen molar-refractivity contribution in [3.05, 3.63) is 95.1 Å². The van der Waals surface area contributed by atoms with Crippen LogP contribution in [0.5, 0.6) is 0 Å². The van der Waals surface area contributed by atoms with Gasteiger partial charge in [-0.3, -0.25) is 0 Å². The van der Waals surface area contributed by atoms with Crippen LogP contribution >= 0.6 is 0 Å². The molecule has 7 aromatic rings. The van der Waals surface area contributed by atoms with Crippen LogP contribution < -0.4 is 9.97 Å². The average Bonchev–Trinajstić information content (AvgIpc) is 3.78. The predicted octanol–water partition coefficient (Wildman–Crippen LogP) is 7.12. The van der Waals surface area contributed by atoms with E-state index in [1.54, 1.807) is 0 Å². The monoisotopic (exact) mass is 720 g/mol. The molecule has 9 rings (SSSR count). The van der Waals surface area contributed by atoms with Crippen molar-refractivity contribution in [2.24, 2.45) is 0 Å². The zero-order chi connectivity index (χ0) is 35.2. The van der Waals surface area contributed by atoms with E-state index in [-0.39, 0.29) is 89.7 Å². The van der Waals surface area contributed by atoms with E-state index in [9.17, 15) is 35.1 Å². The second kappa shape index (κ2) is 11.4. The molecule has 2 aliphatic rings. The van der Waals surface area contributed by atoms with E-state index >= 15 is 0 Å². The normalized spacial score (nSPS) is 11.8. The summed E-state index contributed by atoms with van der Waals surface area (Å²) < 4.78 is 124. The molecule has 0 spiro atoms. The molecule has 9 nitrogen and oxygen atoms in total. The Balaban J connectivity index is 0.00000177. The number of fused-ring (bicyclic) bond motifs is 20. The second-order valence-corrected chi connectivity index (χ2v) is 10.7. The zero-order valence-electron chi connectivity index (χ0n) is 24.1. The number of benzene rings is 4. The van der Waals surface area contributed by atoms with Gasteiger partial charge in [-0.15, -0.1) is 0 Å². The van der Waals surface area contributed by atoms with E-state index < -0.39 is 46.5 Å². The average molecular weight is 720 g/mol. The van der Waals surface area contributed by atoms with E-state index in [4.69, 9.17) is 3.32 Å². The molecule has 0 aliphatic carbocycles. The van der Waals surface area contributed by atoms with E-state index in [0.29, 0.717) is 0 Å².